The van der Waals surface area contributed by atoms with Crippen molar-refractivity contribution in [3.63, 3.8) is 0 Å². The number of nitro groups is 4. The molecule has 100 heavy (non-hydrogen) atoms. The van der Waals surface area contributed by atoms with Crippen molar-refractivity contribution >= 4 is 185 Å². The summed E-state index contributed by atoms with van der Waals surface area (Å²) in [6, 6.07) is 17.8. The van der Waals surface area contributed by atoms with Gasteiger partial charge in [0.1, 0.15) is 45.2 Å². The molecule has 28 nitrogen and oxygen atoms in total. The van der Waals surface area contributed by atoms with Crippen molar-refractivity contribution in [2.75, 3.05) is 42.5 Å². The van der Waals surface area contributed by atoms with Gasteiger partial charge in [-0.25, -0.2) is 19.2 Å². The van der Waals surface area contributed by atoms with Crippen LogP contribution >= 0.6 is 69.6 Å². The van der Waals surface area contributed by atoms with Gasteiger partial charge < -0.3 is 40.2 Å². The normalized spacial score (nSPS) is 11.2. The minimum absolute atomic E-state index is 0.00988. The largest absolute Gasteiger partial charge is 0.444 e. The van der Waals surface area contributed by atoms with Crippen molar-refractivity contribution in [3.8, 4) is 0 Å². The highest BCUT2D eigenvalue weighted by molar-refractivity contribution is 6.63. The Hall–Kier alpha value is -9.06. The Morgan fingerprint density at radius 1 is 0.310 bits per heavy atom. The second-order valence-corrected chi connectivity index (χ2v) is 30.2. The molecule has 0 unspecified atom stereocenters. The van der Waals surface area contributed by atoms with Crippen molar-refractivity contribution in [1.29, 1.82) is 0 Å². The van der Waals surface area contributed by atoms with Crippen molar-refractivity contribution in [3.05, 3.63) is 158 Å². The van der Waals surface area contributed by atoms with Crippen LogP contribution in [-0.2, 0) is 18.9 Å². The second-order valence-electron chi connectivity index (χ2n) is 26.2. The molecule has 0 aliphatic carbocycles. The van der Waals surface area contributed by atoms with E-state index in [1.54, 1.807) is 187 Å². The topological polar surface area (TPSA) is 374 Å². The Labute approximate surface area is 609 Å². The lowest BCUT2D eigenvalue weighted by molar-refractivity contribution is -0.393. The maximum absolute atomic E-state index is 12.3. The zero-order chi connectivity index (χ0) is 76.6. The number of carbonyl (C=O) groups is 4. The third-order valence-corrected chi connectivity index (χ3v) is 12.8. The molecule has 34 heteroatoms. The Bertz CT molecular complexity index is 3460. The molecular weight excluding hydrogens is 1430 g/mol. The molecule has 6 aromatic rings. The van der Waals surface area contributed by atoms with E-state index in [0.717, 1.165) is 12.1 Å². The first-order valence-corrected chi connectivity index (χ1v) is 32.7. The van der Waals surface area contributed by atoms with Crippen molar-refractivity contribution < 1.29 is 57.8 Å². The number of rotatable bonds is 16. The molecule has 0 fully saturated rings. The average Bonchev–Trinajstić information content (AvgIpc) is 0.789. The van der Waals surface area contributed by atoms with Gasteiger partial charge in [0.15, 0.2) is 8.59 Å². The minimum Gasteiger partial charge on any atom is -0.444 e. The summed E-state index contributed by atoms with van der Waals surface area (Å²) in [5.74, 6) is 0. The number of nitrogens with zero attached hydrogens (tertiary/aromatic N) is 4. The number of ether oxygens (including phenoxy) is 4. The molecular formula is C66H82Cl6N12O16. The number of amides is 4. The van der Waals surface area contributed by atoms with Crippen LogP contribution in [0, 0.1) is 95.8 Å². The van der Waals surface area contributed by atoms with E-state index in [2.05, 4.69) is 42.5 Å². The molecule has 0 aliphatic rings. The molecule has 8 N–H and O–H groups in total. The van der Waals surface area contributed by atoms with E-state index >= 15 is 0 Å². The molecule has 0 aromatic heterocycles. The number of nitro benzene ring substituents is 4. The molecule has 0 bridgehead atoms. The molecule has 6 rings (SSSR count). The molecule has 0 radical (unpaired) electrons. The van der Waals surface area contributed by atoms with Crippen LogP contribution in [0.2, 0.25) is 0 Å². The average molecular weight is 1510 g/mol. The van der Waals surface area contributed by atoms with Crippen LogP contribution in [0.3, 0.4) is 0 Å². The third-order valence-electron chi connectivity index (χ3n) is 12.8. The smallest absolute Gasteiger partial charge is 0.412 e. The molecule has 0 atom stereocenters. The monoisotopic (exact) mass is 1510 g/mol. The van der Waals surface area contributed by atoms with Gasteiger partial charge in [0.25, 0.3) is 22.7 Å². The second kappa shape index (κ2) is 35.8. The zero-order valence-electron chi connectivity index (χ0n) is 58.7. The predicted octanol–water partition coefficient (Wildman–Crippen LogP) is 21.8. The molecule has 544 valence electrons. The van der Waals surface area contributed by atoms with E-state index in [9.17, 15) is 59.6 Å². The Kier molecular flexibility index (Phi) is 30.5. The fraction of sp³-hybridized carbons (Fsp3) is 0.394. The Morgan fingerprint density at radius 3 is 0.570 bits per heavy atom. The van der Waals surface area contributed by atoms with E-state index in [4.69, 9.17) is 88.6 Å². The van der Waals surface area contributed by atoms with E-state index in [-0.39, 0.29) is 22.7 Å². The van der Waals surface area contributed by atoms with Gasteiger partial charge >= 0.3 is 24.4 Å². The highest BCUT2D eigenvalue weighted by Crippen LogP contribution is 2.44. The van der Waals surface area contributed by atoms with Gasteiger partial charge in [-0.3, -0.25) is 61.7 Å². The predicted molar refractivity (Wildman–Crippen MR) is 398 cm³/mol. The molecule has 0 saturated carbocycles. The van der Waals surface area contributed by atoms with E-state index in [1.165, 1.54) is 12.1 Å². The SMILES string of the molecule is Cc1cc(NC(=O)OC(C)(C)C)cc(C)c1Nc1cc(Nc2c(C)cc(NC(=O)OC(C)(C)C)cc2C)c([N+](=O)[O-])cc1[N+](=O)[O-].Cc1cc(NC(=O)OC(C)(C)C)cc(C)c1Nc1cc(Nc2c(C)cc(NC(=O)OC(C)(C)C)cc2C)c([N+](=O)[O-])cc1[N+](=O)[O-].ClC(Cl)Cl.ClC(Cl)Cl. The van der Waals surface area contributed by atoms with Crippen LogP contribution in [0.25, 0.3) is 0 Å². The van der Waals surface area contributed by atoms with Gasteiger partial charge in [0.2, 0.25) is 0 Å². The summed E-state index contributed by atoms with van der Waals surface area (Å²) in [6.45, 7) is 35.0. The number of hydrogen-bond donors (Lipinski definition) is 8. The minimum atomic E-state index is -0.750. The molecule has 0 saturated heterocycles. The number of anilines is 12. The Morgan fingerprint density at radius 2 is 0.450 bits per heavy atom. The summed E-state index contributed by atoms with van der Waals surface area (Å²) in [5, 5.41) is 71.2. The number of hydrogen-bond acceptors (Lipinski definition) is 20. The third kappa shape index (κ3) is 28.7. The number of aryl methyl sites for hydroxylation is 8. The van der Waals surface area contributed by atoms with Crippen molar-refractivity contribution in [2.45, 2.75) is 169 Å². The molecule has 0 heterocycles. The highest BCUT2D eigenvalue weighted by atomic mass is 35.6. The summed E-state index contributed by atoms with van der Waals surface area (Å²) < 4.78 is 19.8. The fourth-order valence-corrected chi connectivity index (χ4v) is 9.32. The number of halogens is 6. The van der Waals surface area contributed by atoms with Crippen LogP contribution < -0.4 is 42.5 Å². The first-order valence-electron chi connectivity index (χ1n) is 30.0. The lowest BCUT2D eigenvalue weighted by Gasteiger charge is -2.21. The van der Waals surface area contributed by atoms with Gasteiger partial charge in [0.05, 0.1) is 31.8 Å². The number of carbonyl (C=O) groups excluding carboxylic acids is 4. The molecule has 0 spiro atoms. The van der Waals surface area contributed by atoms with Crippen molar-refractivity contribution in [1.82, 2.24) is 0 Å². The standard InChI is InChI=1S/2C32H40N6O8.2CHCl3/c2*1-17-11-21(33-29(39)45-31(5,6)7)12-18(2)27(17)35-23-15-24(26(38(43)44)16-25(23)37(41)42)36-28-19(3)13-22(14-20(28)4)34-30(40)46-32(8,9)10;2*2-1(3)4/h2*11-16,35-36H,1-10H3,(H,33,39)(H,34,40);2*1H. The lowest BCUT2D eigenvalue weighted by atomic mass is 10.1. The van der Waals surface area contributed by atoms with Gasteiger partial charge in [-0.1, -0.05) is 69.6 Å². The molecule has 0 aliphatic heterocycles. The maximum atomic E-state index is 12.3. The zero-order valence-corrected chi connectivity index (χ0v) is 63.2. The lowest BCUT2D eigenvalue weighted by Crippen LogP contribution is -2.27. The number of nitrogens with one attached hydrogen (secondary N) is 8. The first-order chi connectivity index (χ1) is 45.7. The van der Waals surface area contributed by atoms with E-state index in [0.29, 0.717) is 90.0 Å². The van der Waals surface area contributed by atoms with Crippen LogP contribution in [0.1, 0.15) is 128 Å². The van der Waals surface area contributed by atoms with E-state index in [1.807, 2.05) is 0 Å². The van der Waals surface area contributed by atoms with Gasteiger partial charge in [-0.15, -0.1) is 0 Å². The van der Waals surface area contributed by atoms with Gasteiger partial charge in [-0.05, 0) is 244 Å². The summed E-state index contributed by atoms with van der Waals surface area (Å²) in [4.78, 5) is 94.5. The quantitative estimate of drug-likeness (QED) is 0.0193. The molecule has 4 amide bonds. The summed E-state index contributed by atoms with van der Waals surface area (Å²) in [7, 11) is 0. The van der Waals surface area contributed by atoms with Crippen LogP contribution in [0.5, 0.6) is 0 Å². The van der Waals surface area contributed by atoms with Gasteiger partial charge in [-0.2, -0.15) is 0 Å². The summed E-state index contributed by atoms with van der Waals surface area (Å²) >= 11 is 28.8. The van der Waals surface area contributed by atoms with Crippen LogP contribution in [-0.4, -0.2) is 75.1 Å². The first kappa shape index (κ1) is 85.2. The number of alkyl halides is 6. The van der Waals surface area contributed by atoms with Crippen LogP contribution in [0.4, 0.5) is 110 Å². The van der Waals surface area contributed by atoms with Crippen LogP contribution in [0.15, 0.2) is 72.8 Å². The maximum Gasteiger partial charge on any atom is 0.412 e. The Balaban J connectivity index is 0.000000469. The summed E-state index contributed by atoms with van der Waals surface area (Å²) in [6.07, 6.45) is -2.53. The highest BCUT2D eigenvalue weighted by Gasteiger charge is 2.30. The van der Waals surface area contributed by atoms with E-state index < -0.39 is 97.8 Å². The molecule has 6 aromatic carbocycles. The summed E-state index contributed by atoms with van der Waals surface area (Å²) in [5.41, 5.74) is 4.37. The number of benzene rings is 6. The fourth-order valence-electron chi connectivity index (χ4n) is 9.32. The van der Waals surface area contributed by atoms with Gasteiger partial charge in [0, 0.05) is 45.5 Å². The van der Waals surface area contributed by atoms with Crippen molar-refractivity contribution in [2.24, 2.45) is 0 Å².